The summed E-state index contributed by atoms with van der Waals surface area (Å²) in [5.41, 5.74) is 9.70. The summed E-state index contributed by atoms with van der Waals surface area (Å²) in [5.74, 6) is 0. The van der Waals surface area contributed by atoms with Gasteiger partial charge in [0.1, 0.15) is 0 Å². The van der Waals surface area contributed by atoms with Crippen molar-refractivity contribution in [2.45, 2.75) is 51.7 Å². The van der Waals surface area contributed by atoms with E-state index < -0.39 is 0 Å². The molecule has 1 heterocycles. The second-order valence-corrected chi connectivity index (χ2v) is 6.68. The van der Waals surface area contributed by atoms with Crippen LogP contribution in [-0.4, -0.2) is 24.8 Å². The fraction of sp³-hybridized carbons (Fsp3) is 0.625. The number of aryl methyl sites for hydroxylation is 2. The van der Waals surface area contributed by atoms with Crippen LogP contribution in [0.4, 0.5) is 5.69 Å². The van der Waals surface area contributed by atoms with Crippen molar-refractivity contribution in [1.82, 2.24) is 0 Å². The van der Waals surface area contributed by atoms with Crippen molar-refractivity contribution in [2.24, 2.45) is 5.73 Å². The van der Waals surface area contributed by atoms with Gasteiger partial charge in [0.15, 0.2) is 0 Å². The predicted molar refractivity (Wildman–Crippen MR) is 88.3 cm³/mol. The van der Waals surface area contributed by atoms with Crippen LogP contribution in [0.5, 0.6) is 0 Å². The van der Waals surface area contributed by atoms with E-state index in [1.807, 2.05) is 0 Å². The highest BCUT2D eigenvalue weighted by molar-refractivity contribution is 9.10. The van der Waals surface area contributed by atoms with Crippen molar-refractivity contribution >= 4 is 21.6 Å². The number of hydrogen-bond acceptors (Lipinski definition) is 3. The molecule has 1 aromatic carbocycles. The van der Waals surface area contributed by atoms with Crippen LogP contribution in [0.2, 0.25) is 0 Å². The van der Waals surface area contributed by atoms with Crippen molar-refractivity contribution in [3.8, 4) is 0 Å². The standard InChI is InChI=1S/C16H25BrN2O/c1-4-14-9-16(10-18,5-6-20-14)19-13-7-11(2)15(17)12(3)8-13/h7-8,14,19H,4-6,9-10,18H2,1-3H3. The third kappa shape index (κ3) is 3.35. The number of halogens is 1. The van der Waals surface area contributed by atoms with Crippen LogP contribution in [0.15, 0.2) is 16.6 Å². The number of nitrogens with one attached hydrogen (secondary N) is 1. The lowest BCUT2D eigenvalue weighted by Crippen LogP contribution is -2.52. The quantitative estimate of drug-likeness (QED) is 0.877. The first-order valence-corrected chi connectivity index (χ1v) is 8.15. The van der Waals surface area contributed by atoms with Crippen LogP contribution in [0.25, 0.3) is 0 Å². The lowest BCUT2D eigenvalue weighted by molar-refractivity contribution is -0.0125. The maximum atomic E-state index is 6.08. The molecule has 0 spiro atoms. The molecule has 1 saturated heterocycles. The molecule has 0 aliphatic carbocycles. The zero-order chi connectivity index (χ0) is 14.8. The molecule has 0 bridgehead atoms. The van der Waals surface area contributed by atoms with Gasteiger partial charge >= 0.3 is 0 Å². The highest BCUT2D eigenvalue weighted by Crippen LogP contribution is 2.32. The summed E-state index contributed by atoms with van der Waals surface area (Å²) in [6.07, 6.45) is 3.31. The van der Waals surface area contributed by atoms with E-state index in [0.29, 0.717) is 12.6 Å². The minimum absolute atomic E-state index is 0.0361. The molecule has 0 amide bonds. The number of rotatable bonds is 4. The van der Waals surface area contributed by atoms with Crippen LogP contribution in [0.1, 0.15) is 37.3 Å². The van der Waals surface area contributed by atoms with Crippen LogP contribution in [0, 0.1) is 13.8 Å². The van der Waals surface area contributed by atoms with Crippen LogP contribution < -0.4 is 11.1 Å². The Labute approximate surface area is 130 Å². The predicted octanol–water partition coefficient (Wildman–Crippen LogP) is 3.76. The van der Waals surface area contributed by atoms with E-state index in [2.05, 4.69) is 54.2 Å². The summed E-state index contributed by atoms with van der Waals surface area (Å²) in [7, 11) is 0. The van der Waals surface area contributed by atoms with Crippen LogP contribution in [-0.2, 0) is 4.74 Å². The smallest absolute Gasteiger partial charge is 0.0595 e. The Kier molecular flexibility index (Phi) is 5.10. The second kappa shape index (κ2) is 6.46. The first-order valence-electron chi connectivity index (χ1n) is 7.36. The molecule has 1 aliphatic heterocycles. The van der Waals surface area contributed by atoms with E-state index >= 15 is 0 Å². The highest BCUT2D eigenvalue weighted by atomic mass is 79.9. The van der Waals surface area contributed by atoms with Crippen LogP contribution >= 0.6 is 15.9 Å². The Balaban J connectivity index is 2.21. The van der Waals surface area contributed by atoms with Crippen molar-refractivity contribution in [3.05, 3.63) is 27.7 Å². The molecule has 0 saturated carbocycles. The molecule has 4 heteroatoms. The number of ether oxygens (including phenoxy) is 1. The van der Waals surface area contributed by atoms with Gasteiger partial charge < -0.3 is 15.8 Å². The molecule has 1 fully saturated rings. The largest absolute Gasteiger partial charge is 0.378 e. The molecule has 2 unspecified atom stereocenters. The first kappa shape index (κ1) is 15.8. The van der Waals surface area contributed by atoms with Crippen molar-refractivity contribution < 1.29 is 4.74 Å². The minimum Gasteiger partial charge on any atom is -0.378 e. The van der Waals surface area contributed by atoms with E-state index in [9.17, 15) is 0 Å². The number of nitrogens with two attached hydrogens (primary N) is 1. The lowest BCUT2D eigenvalue weighted by atomic mass is 9.85. The Bertz CT molecular complexity index is 455. The molecule has 2 atom stereocenters. The molecule has 0 aromatic heterocycles. The SMILES string of the molecule is CCC1CC(CN)(Nc2cc(C)c(Br)c(C)c2)CCO1. The van der Waals surface area contributed by atoms with E-state index in [1.165, 1.54) is 15.6 Å². The van der Waals surface area contributed by atoms with Gasteiger partial charge in [-0.25, -0.2) is 0 Å². The van der Waals surface area contributed by atoms with Gasteiger partial charge in [0, 0.05) is 23.3 Å². The summed E-state index contributed by atoms with van der Waals surface area (Å²) >= 11 is 3.62. The zero-order valence-electron chi connectivity index (χ0n) is 12.6. The molecule has 1 aromatic rings. The maximum Gasteiger partial charge on any atom is 0.0595 e. The molecule has 3 N–H and O–H groups in total. The summed E-state index contributed by atoms with van der Waals surface area (Å²) in [5, 5.41) is 3.69. The zero-order valence-corrected chi connectivity index (χ0v) is 14.2. The number of anilines is 1. The van der Waals surface area contributed by atoms with E-state index in [1.54, 1.807) is 0 Å². The topological polar surface area (TPSA) is 47.3 Å². The van der Waals surface area contributed by atoms with Gasteiger partial charge in [-0.3, -0.25) is 0 Å². The normalized spacial score (nSPS) is 26.6. The average molecular weight is 341 g/mol. The number of benzene rings is 1. The van der Waals surface area contributed by atoms with E-state index in [4.69, 9.17) is 10.5 Å². The molecule has 3 nitrogen and oxygen atoms in total. The van der Waals surface area contributed by atoms with E-state index in [-0.39, 0.29) is 5.54 Å². The summed E-state index contributed by atoms with van der Waals surface area (Å²) in [4.78, 5) is 0. The van der Waals surface area contributed by atoms with Gasteiger partial charge in [0.05, 0.1) is 11.6 Å². The van der Waals surface area contributed by atoms with Gasteiger partial charge in [-0.1, -0.05) is 22.9 Å². The molecule has 1 aliphatic rings. The average Bonchev–Trinajstić information content (AvgIpc) is 2.45. The van der Waals surface area contributed by atoms with Gasteiger partial charge in [0.25, 0.3) is 0 Å². The van der Waals surface area contributed by atoms with Crippen molar-refractivity contribution in [2.75, 3.05) is 18.5 Å². The third-order valence-electron chi connectivity index (χ3n) is 4.24. The Morgan fingerprint density at radius 2 is 2.05 bits per heavy atom. The molecular weight excluding hydrogens is 316 g/mol. The van der Waals surface area contributed by atoms with Gasteiger partial charge in [-0.15, -0.1) is 0 Å². The van der Waals surface area contributed by atoms with Gasteiger partial charge in [-0.05, 0) is 56.4 Å². The number of hydrogen-bond donors (Lipinski definition) is 2. The first-order chi connectivity index (χ1) is 9.49. The minimum atomic E-state index is -0.0361. The summed E-state index contributed by atoms with van der Waals surface area (Å²) in [6, 6.07) is 4.37. The van der Waals surface area contributed by atoms with Crippen molar-refractivity contribution in [1.29, 1.82) is 0 Å². The second-order valence-electron chi connectivity index (χ2n) is 5.89. The van der Waals surface area contributed by atoms with Gasteiger partial charge in [-0.2, -0.15) is 0 Å². The fourth-order valence-corrected chi connectivity index (χ4v) is 3.18. The third-order valence-corrected chi connectivity index (χ3v) is 5.50. The Morgan fingerprint density at radius 1 is 1.40 bits per heavy atom. The summed E-state index contributed by atoms with van der Waals surface area (Å²) < 4.78 is 6.97. The lowest BCUT2D eigenvalue weighted by Gasteiger charge is -2.41. The van der Waals surface area contributed by atoms with Gasteiger partial charge in [0.2, 0.25) is 0 Å². The fourth-order valence-electron chi connectivity index (χ4n) is 2.95. The monoisotopic (exact) mass is 340 g/mol. The molecule has 20 heavy (non-hydrogen) atoms. The highest BCUT2D eigenvalue weighted by Gasteiger charge is 2.35. The molecule has 112 valence electrons. The van der Waals surface area contributed by atoms with Crippen molar-refractivity contribution in [3.63, 3.8) is 0 Å². The molecule has 0 radical (unpaired) electrons. The Morgan fingerprint density at radius 3 is 2.60 bits per heavy atom. The van der Waals surface area contributed by atoms with E-state index in [0.717, 1.165) is 31.6 Å². The summed E-state index contributed by atoms with van der Waals surface area (Å²) in [6.45, 7) is 7.84. The molecule has 2 rings (SSSR count). The van der Waals surface area contributed by atoms with Crippen LogP contribution in [0.3, 0.4) is 0 Å². The Hall–Kier alpha value is -0.580. The maximum absolute atomic E-state index is 6.08. The molecular formula is C16H25BrN2O.